The Morgan fingerprint density at radius 1 is 1.58 bits per heavy atom. The topological polar surface area (TPSA) is 63.5 Å². The van der Waals surface area contributed by atoms with Crippen molar-refractivity contribution in [2.45, 2.75) is 33.1 Å². The molecule has 0 aromatic carbocycles. The Morgan fingerprint density at radius 3 is 2.74 bits per heavy atom. The Labute approximate surface area is 116 Å². The summed E-state index contributed by atoms with van der Waals surface area (Å²) in [4.78, 5) is 24.7. The van der Waals surface area contributed by atoms with E-state index in [4.69, 9.17) is 0 Å². The lowest BCUT2D eigenvalue weighted by molar-refractivity contribution is -0.383. The largest absolute Gasteiger partial charge is 0.358 e. The molecule has 2 rings (SSSR count). The van der Waals surface area contributed by atoms with Crippen LogP contribution in [-0.2, 0) is 0 Å². The number of nitro groups is 1. The van der Waals surface area contributed by atoms with E-state index in [0.717, 1.165) is 19.5 Å². The molecule has 1 fully saturated rings. The highest BCUT2D eigenvalue weighted by atomic mass is 32.1. The highest BCUT2D eigenvalue weighted by Gasteiger charge is 2.30. The molecule has 0 N–H and O–H groups in total. The summed E-state index contributed by atoms with van der Waals surface area (Å²) in [5.74, 6) is 0.552. The lowest BCUT2D eigenvalue weighted by atomic mass is 10.3. The average Bonchev–Trinajstić information content (AvgIpc) is 3.04. The van der Waals surface area contributed by atoms with Gasteiger partial charge in [-0.3, -0.25) is 14.9 Å². The van der Waals surface area contributed by atoms with Gasteiger partial charge >= 0.3 is 5.69 Å². The number of hydrogen-bond donors (Lipinski definition) is 0. The average molecular weight is 282 g/mol. The molecule has 1 saturated carbocycles. The molecule has 1 aromatic rings. The van der Waals surface area contributed by atoms with Gasteiger partial charge in [-0.1, -0.05) is 6.92 Å². The van der Waals surface area contributed by atoms with Crippen LogP contribution < -0.4 is 4.90 Å². The van der Waals surface area contributed by atoms with Crippen LogP contribution in [0.2, 0.25) is 0 Å². The Morgan fingerprint density at radius 2 is 2.26 bits per heavy atom. The zero-order valence-electron chi connectivity index (χ0n) is 11.2. The highest BCUT2D eigenvalue weighted by Crippen LogP contribution is 2.40. The zero-order chi connectivity index (χ0) is 14.0. The van der Waals surface area contributed by atoms with Gasteiger partial charge in [-0.2, -0.15) is 0 Å². The fraction of sp³-hybridized carbons (Fsp3) is 0.615. The molecule has 0 atom stereocenters. The van der Waals surface area contributed by atoms with Gasteiger partial charge in [0, 0.05) is 19.2 Å². The van der Waals surface area contributed by atoms with Crippen LogP contribution in [0.5, 0.6) is 0 Å². The van der Waals surface area contributed by atoms with E-state index in [-0.39, 0.29) is 16.4 Å². The summed E-state index contributed by atoms with van der Waals surface area (Å²) < 4.78 is 0. The predicted molar refractivity (Wildman–Crippen MR) is 76.2 cm³/mol. The molecule has 5 nitrogen and oxygen atoms in total. The van der Waals surface area contributed by atoms with Crippen LogP contribution in [0.25, 0.3) is 0 Å². The van der Waals surface area contributed by atoms with Gasteiger partial charge < -0.3 is 4.90 Å². The van der Waals surface area contributed by atoms with Crippen LogP contribution in [0.4, 0.5) is 10.7 Å². The molecule has 0 saturated heterocycles. The van der Waals surface area contributed by atoms with Gasteiger partial charge in [0.15, 0.2) is 10.8 Å². The third-order valence-corrected chi connectivity index (χ3v) is 4.48. The predicted octanol–water partition coefficient (Wildman–Crippen LogP) is 3.49. The second-order valence-corrected chi connectivity index (χ2v) is 6.03. The van der Waals surface area contributed by atoms with Crippen molar-refractivity contribution in [3.63, 3.8) is 0 Å². The Balaban J connectivity index is 2.32. The normalized spacial score (nSPS) is 14.4. The molecule has 1 aliphatic carbocycles. The van der Waals surface area contributed by atoms with Gasteiger partial charge in [-0.25, -0.2) is 0 Å². The second kappa shape index (κ2) is 5.69. The van der Waals surface area contributed by atoms with Gasteiger partial charge in [0.05, 0.1) is 9.80 Å². The number of ketones is 1. The van der Waals surface area contributed by atoms with Crippen molar-refractivity contribution in [1.29, 1.82) is 0 Å². The molecule has 0 amide bonds. The molecule has 104 valence electrons. The fourth-order valence-electron chi connectivity index (χ4n) is 2.06. The zero-order valence-corrected chi connectivity index (χ0v) is 12.0. The van der Waals surface area contributed by atoms with Crippen LogP contribution in [0.15, 0.2) is 6.07 Å². The second-order valence-electron chi connectivity index (χ2n) is 5.00. The van der Waals surface area contributed by atoms with Crippen molar-refractivity contribution < 1.29 is 9.72 Å². The molecular formula is C13H18N2O3S. The van der Waals surface area contributed by atoms with Gasteiger partial charge in [-0.15, -0.1) is 11.3 Å². The SMILES string of the molecule is CCCN(CC1CC1)c1sc(C(C)=O)cc1[N+](=O)[O-]. The van der Waals surface area contributed by atoms with Crippen LogP contribution >= 0.6 is 11.3 Å². The Kier molecular flexibility index (Phi) is 4.19. The third-order valence-electron chi connectivity index (χ3n) is 3.19. The maximum absolute atomic E-state index is 11.4. The van der Waals surface area contributed by atoms with Crippen molar-refractivity contribution in [2.75, 3.05) is 18.0 Å². The first kappa shape index (κ1) is 14.0. The minimum Gasteiger partial charge on any atom is -0.358 e. The summed E-state index contributed by atoms with van der Waals surface area (Å²) in [6, 6.07) is 1.41. The van der Waals surface area contributed by atoms with E-state index in [1.165, 1.54) is 37.2 Å². The molecule has 0 spiro atoms. The van der Waals surface area contributed by atoms with Gasteiger partial charge in [0.2, 0.25) is 0 Å². The number of carbonyl (C=O) groups excluding carboxylic acids is 1. The third kappa shape index (κ3) is 3.32. The highest BCUT2D eigenvalue weighted by molar-refractivity contribution is 7.18. The minimum absolute atomic E-state index is 0.0734. The number of thiophene rings is 1. The van der Waals surface area contributed by atoms with Crippen LogP contribution in [0.1, 0.15) is 42.8 Å². The van der Waals surface area contributed by atoms with Crippen molar-refractivity contribution >= 4 is 27.8 Å². The number of carbonyl (C=O) groups is 1. The Bertz CT molecular complexity index is 494. The summed E-state index contributed by atoms with van der Waals surface area (Å²) in [5.41, 5.74) is 0.0734. The van der Waals surface area contributed by atoms with Gasteiger partial charge in [-0.05, 0) is 32.1 Å². The van der Waals surface area contributed by atoms with Gasteiger partial charge in [0.1, 0.15) is 0 Å². The monoisotopic (exact) mass is 282 g/mol. The van der Waals surface area contributed by atoms with E-state index in [1.54, 1.807) is 0 Å². The fourth-order valence-corrected chi connectivity index (χ4v) is 3.12. The van der Waals surface area contributed by atoms with E-state index in [0.29, 0.717) is 15.8 Å². The molecule has 1 heterocycles. The summed E-state index contributed by atoms with van der Waals surface area (Å²) in [5, 5.41) is 11.8. The lowest BCUT2D eigenvalue weighted by Gasteiger charge is -2.21. The van der Waals surface area contributed by atoms with Crippen LogP contribution in [0, 0.1) is 16.0 Å². The number of rotatable bonds is 7. The number of Topliss-reactive ketones (excluding diaryl/α,β-unsaturated/α-hetero) is 1. The Hall–Kier alpha value is -1.43. The molecule has 0 bridgehead atoms. The first-order chi connectivity index (χ1) is 9.02. The number of anilines is 1. The van der Waals surface area contributed by atoms with Crippen LogP contribution in [-0.4, -0.2) is 23.8 Å². The summed E-state index contributed by atoms with van der Waals surface area (Å²) in [6.45, 7) is 5.18. The van der Waals surface area contributed by atoms with Crippen molar-refractivity contribution in [3.8, 4) is 0 Å². The summed E-state index contributed by atoms with van der Waals surface area (Å²) >= 11 is 1.25. The van der Waals surface area contributed by atoms with Crippen molar-refractivity contribution in [2.24, 2.45) is 5.92 Å². The molecule has 0 unspecified atom stereocenters. The molecule has 0 radical (unpaired) electrons. The first-order valence-electron chi connectivity index (χ1n) is 6.57. The smallest absolute Gasteiger partial charge is 0.304 e. The molecule has 0 aliphatic heterocycles. The first-order valence-corrected chi connectivity index (χ1v) is 7.38. The maximum atomic E-state index is 11.4. The number of hydrogen-bond acceptors (Lipinski definition) is 5. The summed E-state index contributed by atoms with van der Waals surface area (Å²) in [7, 11) is 0. The van der Waals surface area contributed by atoms with E-state index in [9.17, 15) is 14.9 Å². The molecule has 1 aromatic heterocycles. The van der Waals surface area contributed by atoms with Crippen molar-refractivity contribution in [3.05, 3.63) is 21.1 Å². The van der Waals surface area contributed by atoms with Crippen LogP contribution in [0.3, 0.4) is 0 Å². The number of nitrogens with zero attached hydrogens (tertiary/aromatic N) is 2. The minimum atomic E-state index is -0.381. The van der Waals surface area contributed by atoms with E-state index in [1.807, 2.05) is 0 Å². The molecular weight excluding hydrogens is 264 g/mol. The van der Waals surface area contributed by atoms with Crippen molar-refractivity contribution in [1.82, 2.24) is 0 Å². The maximum Gasteiger partial charge on any atom is 0.304 e. The van der Waals surface area contributed by atoms with E-state index < -0.39 is 0 Å². The molecule has 6 heteroatoms. The summed E-state index contributed by atoms with van der Waals surface area (Å²) in [6.07, 6.45) is 3.36. The quantitative estimate of drug-likeness (QED) is 0.436. The standard InChI is InChI=1S/C13H18N2O3S/c1-3-6-14(8-10-4-5-10)13-11(15(17)18)7-12(19-13)9(2)16/h7,10H,3-6,8H2,1-2H3. The van der Waals surface area contributed by atoms with E-state index in [2.05, 4.69) is 11.8 Å². The lowest BCUT2D eigenvalue weighted by Crippen LogP contribution is -2.26. The van der Waals surface area contributed by atoms with E-state index >= 15 is 0 Å². The molecule has 1 aliphatic rings. The molecule has 19 heavy (non-hydrogen) atoms. The van der Waals surface area contributed by atoms with Gasteiger partial charge in [0.25, 0.3) is 0 Å².